The van der Waals surface area contributed by atoms with Crippen LogP contribution < -0.4 is 0 Å². The van der Waals surface area contributed by atoms with Crippen molar-refractivity contribution in [2.24, 2.45) is 0 Å². The molecule has 2 heterocycles. The number of fused-ring (bicyclic) bond motifs is 1. The summed E-state index contributed by atoms with van der Waals surface area (Å²) in [6.07, 6.45) is 1.45. The molecule has 0 radical (unpaired) electrons. The number of pyridine rings is 1. The molecular weight excluding hydrogens is 293 g/mol. The van der Waals surface area contributed by atoms with Gasteiger partial charge >= 0.3 is 0 Å². The number of β-amino-alcohol motifs (C(OH)–C–C–N with tert-alkyl or cyclic N) is 1. The molecule has 0 amide bonds. The molecule has 0 spiro atoms. The fourth-order valence-corrected chi connectivity index (χ4v) is 3.41. The SMILES string of the molecule is C[C@H](O)CN1CCN(Cc2cc(F)cc3cccnc23)C[C@H]1C. The number of hydrogen-bond acceptors (Lipinski definition) is 4. The monoisotopic (exact) mass is 317 g/mol. The molecule has 1 aromatic carbocycles. The standard InChI is InChI=1S/C18H24FN3O/c1-13-10-21(6-7-22(13)11-14(2)23)12-16-9-17(19)8-15-4-3-5-20-18(15)16/h3-5,8-9,13-14,23H,6-7,10-12H2,1-2H3/t13-,14+/m1/s1. The Hall–Kier alpha value is -1.56. The second-order valence-electron chi connectivity index (χ2n) is 6.57. The first-order valence-electron chi connectivity index (χ1n) is 8.20. The first-order valence-corrected chi connectivity index (χ1v) is 8.20. The third kappa shape index (κ3) is 3.86. The van der Waals surface area contributed by atoms with Gasteiger partial charge in [-0.2, -0.15) is 0 Å². The lowest BCUT2D eigenvalue weighted by molar-refractivity contribution is 0.0424. The fourth-order valence-electron chi connectivity index (χ4n) is 3.41. The van der Waals surface area contributed by atoms with Gasteiger partial charge < -0.3 is 5.11 Å². The summed E-state index contributed by atoms with van der Waals surface area (Å²) < 4.78 is 13.9. The number of halogens is 1. The minimum absolute atomic E-state index is 0.207. The van der Waals surface area contributed by atoms with Gasteiger partial charge in [-0.1, -0.05) is 6.07 Å². The molecule has 2 atom stereocenters. The summed E-state index contributed by atoms with van der Waals surface area (Å²) in [7, 11) is 0. The number of hydrogen-bond donors (Lipinski definition) is 1. The highest BCUT2D eigenvalue weighted by Gasteiger charge is 2.24. The highest BCUT2D eigenvalue weighted by molar-refractivity contribution is 5.81. The van der Waals surface area contributed by atoms with E-state index in [0.29, 0.717) is 19.1 Å². The maximum Gasteiger partial charge on any atom is 0.124 e. The molecule has 124 valence electrons. The van der Waals surface area contributed by atoms with Gasteiger partial charge in [0, 0.05) is 50.3 Å². The number of rotatable bonds is 4. The minimum atomic E-state index is -0.305. The molecule has 1 fully saturated rings. The lowest BCUT2D eigenvalue weighted by Gasteiger charge is -2.40. The molecular formula is C18H24FN3O. The molecule has 1 aliphatic rings. The van der Waals surface area contributed by atoms with E-state index in [4.69, 9.17) is 0 Å². The summed E-state index contributed by atoms with van der Waals surface area (Å²) in [5.74, 6) is -0.207. The smallest absolute Gasteiger partial charge is 0.124 e. The van der Waals surface area contributed by atoms with E-state index in [1.807, 2.05) is 19.1 Å². The Morgan fingerprint density at radius 1 is 1.39 bits per heavy atom. The van der Waals surface area contributed by atoms with Crippen molar-refractivity contribution in [1.82, 2.24) is 14.8 Å². The number of nitrogens with zero attached hydrogens (tertiary/aromatic N) is 3. The van der Waals surface area contributed by atoms with Crippen LogP contribution in [0.5, 0.6) is 0 Å². The van der Waals surface area contributed by atoms with E-state index in [1.165, 1.54) is 6.07 Å². The second-order valence-corrected chi connectivity index (χ2v) is 6.57. The van der Waals surface area contributed by atoms with Crippen LogP contribution in [-0.4, -0.2) is 58.2 Å². The third-order valence-corrected chi connectivity index (χ3v) is 4.49. The molecule has 1 aromatic heterocycles. The Morgan fingerprint density at radius 2 is 2.22 bits per heavy atom. The van der Waals surface area contributed by atoms with E-state index in [1.54, 1.807) is 12.3 Å². The van der Waals surface area contributed by atoms with E-state index in [-0.39, 0.29) is 11.9 Å². The highest BCUT2D eigenvalue weighted by Crippen LogP contribution is 2.21. The number of aliphatic hydroxyl groups excluding tert-OH is 1. The van der Waals surface area contributed by atoms with Gasteiger partial charge in [-0.25, -0.2) is 4.39 Å². The van der Waals surface area contributed by atoms with Crippen LogP contribution in [0.4, 0.5) is 4.39 Å². The number of benzene rings is 1. The lowest BCUT2D eigenvalue weighted by Crippen LogP contribution is -2.53. The van der Waals surface area contributed by atoms with Gasteiger partial charge in [-0.3, -0.25) is 14.8 Å². The Balaban J connectivity index is 1.74. The molecule has 1 aliphatic heterocycles. The molecule has 4 nitrogen and oxygen atoms in total. The molecule has 3 rings (SSSR count). The zero-order valence-electron chi connectivity index (χ0n) is 13.7. The van der Waals surface area contributed by atoms with E-state index in [9.17, 15) is 9.50 Å². The van der Waals surface area contributed by atoms with Crippen molar-refractivity contribution in [2.75, 3.05) is 26.2 Å². The van der Waals surface area contributed by atoms with Crippen LogP contribution in [0.2, 0.25) is 0 Å². The predicted molar refractivity (Wildman–Crippen MR) is 89.7 cm³/mol. The third-order valence-electron chi connectivity index (χ3n) is 4.49. The van der Waals surface area contributed by atoms with Crippen molar-refractivity contribution in [3.8, 4) is 0 Å². The molecule has 0 aliphatic carbocycles. The van der Waals surface area contributed by atoms with Crippen LogP contribution in [-0.2, 0) is 6.54 Å². The normalized spacial score (nSPS) is 21.7. The first-order chi connectivity index (χ1) is 11.0. The van der Waals surface area contributed by atoms with Gasteiger partial charge in [0.2, 0.25) is 0 Å². The van der Waals surface area contributed by atoms with E-state index < -0.39 is 0 Å². The van der Waals surface area contributed by atoms with Gasteiger partial charge in [-0.05, 0) is 37.6 Å². The van der Waals surface area contributed by atoms with Crippen LogP contribution in [0.1, 0.15) is 19.4 Å². The molecule has 0 bridgehead atoms. The van der Waals surface area contributed by atoms with Crippen molar-refractivity contribution in [3.05, 3.63) is 41.8 Å². The quantitative estimate of drug-likeness (QED) is 0.939. The van der Waals surface area contributed by atoms with Gasteiger partial charge in [-0.15, -0.1) is 0 Å². The lowest BCUT2D eigenvalue weighted by atomic mass is 10.1. The maximum atomic E-state index is 13.9. The summed E-state index contributed by atoms with van der Waals surface area (Å²) in [5, 5.41) is 10.4. The van der Waals surface area contributed by atoms with Crippen LogP contribution >= 0.6 is 0 Å². The summed E-state index contributed by atoms with van der Waals surface area (Å²) in [5.41, 5.74) is 1.82. The van der Waals surface area contributed by atoms with E-state index in [2.05, 4.69) is 21.7 Å². The largest absolute Gasteiger partial charge is 0.392 e. The molecule has 1 N–H and O–H groups in total. The topological polar surface area (TPSA) is 39.6 Å². The van der Waals surface area contributed by atoms with Gasteiger partial charge in [0.05, 0.1) is 11.6 Å². The first kappa shape index (κ1) is 16.3. The average molecular weight is 317 g/mol. The van der Waals surface area contributed by atoms with E-state index >= 15 is 0 Å². The van der Waals surface area contributed by atoms with Crippen LogP contribution in [0.15, 0.2) is 30.5 Å². The maximum absolute atomic E-state index is 13.9. The minimum Gasteiger partial charge on any atom is -0.392 e. The van der Waals surface area contributed by atoms with Gasteiger partial charge in [0.1, 0.15) is 5.82 Å². The van der Waals surface area contributed by atoms with E-state index in [0.717, 1.165) is 36.1 Å². The van der Waals surface area contributed by atoms with Gasteiger partial charge in [0.25, 0.3) is 0 Å². The molecule has 5 heteroatoms. The van der Waals surface area contributed by atoms with Crippen molar-refractivity contribution >= 4 is 10.9 Å². The Bertz CT molecular complexity index is 676. The zero-order valence-corrected chi connectivity index (χ0v) is 13.7. The summed E-state index contributed by atoms with van der Waals surface area (Å²) in [4.78, 5) is 9.07. The van der Waals surface area contributed by atoms with Gasteiger partial charge in [0.15, 0.2) is 0 Å². The predicted octanol–water partition coefficient (Wildman–Crippen LogP) is 2.26. The zero-order chi connectivity index (χ0) is 16.4. The Labute approximate surface area is 136 Å². The highest BCUT2D eigenvalue weighted by atomic mass is 19.1. The molecule has 0 saturated carbocycles. The second kappa shape index (κ2) is 6.91. The molecule has 0 unspecified atom stereocenters. The number of aromatic nitrogens is 1. The summed E-state index contributed by atoms with van der Waals surface area (Å²) in [6, 6.07) is 7.25. The summed E-state index contributed by atoms with van der Waals surface area (Å²) in [6.45, 7) is 8.17. The average Bonchev–Trinajstić information content (AvgIpc) is 2.49. The molecule has 23 heavy (non-hydrogen) atoms. The molecule has 1 saturated heterocycles. The number of piperazine rings is 1. The summed E-state index contributed by atoms with van der Waals surface area (Å²) >= 11 is 0. The fraction of sp³-hybridized carbons (Fsp3) is 0.500. The molecule has 2 aromatic rings. The Morgan fingerprint density at radius 3 is 2.96 bits per heavy atom. The van der Waals surface area contributed by atoms with Crippen LogP contribution in [0.25, 0.3) is 10.9 Å². The number of aliphatic hydroxyl groups is 1. The van der Waals surface area contributed by atoms with Crippen molar-refractivity contribution in [1.29, 1.82) is 0 Å². The van der Waals surface area contributed by atoms with Crippen LogP contribution in [0.3, 0.4) is 0 Å². The van der Waals surface area contributed by atoms with Crippen molar-refractivity contribution in [2.45, 2.75) is 32.5 Å². The van der Waals surface area contributed by atoms with Crippen LogP contribution in [0, 0.1) is 5.82 Å². The Kier molecular flexibility index (Phi) is 4.90. The van der Waals surface area contributed by atoms with Crippen molar-refractivity contribution in [3.63, 3.8) is 0 Å². The van der Waals surface area contributed by atoms with Crippen molar-refractivity contribution < 1.29 is 9.50 Å².